The molecular weight excluding hydrogens is 257 g/mol. The zero-order valence-corrected chi connectivity index (χ0v) is 10.7. The van der Waals surface area contributed by atoms with Crippen LogP contribution in [0, 0.1) is 5.82 Å². The number of aliphatic carboxylic acids is 1. The van der Waals surface area contributed by atoms with Gasteiger partial charge in [-0.2, -0.15) is 0 Å². The van der Waals surface area contributed by atoms with Crippen molar-refractivity contribution in [1.82, 2.24) is 4.90 Å². The average Bonchev–Trinajstić information content (AvgIpc) is 2.83. The van der Waals surface area contributed by atoms with Crippen molar-refractivity contribution in [3.05, 3.63) is 34.6 Å². The number of carboxylic acids is 1. The van der Waals surface area contributed by atoms with Crippen LogP contribution in [0.3, 0.4) is 0 Å². The van der Waals surface area contributed by atoms with E-state index in [9.17, 15) is 9.18 Å². The molecule has 1 heterocycles. The van der Waals surface area contributed by atoms with Gasteiger partial charge in [-0.25, -0.2) is 4.39 Å². The van der Waals surface area contributed by atoms with E-state index in [1.54, 1.807) is 6.07 Å². The predicted octanol–water partition coefficient (Wildman–Crippen LogP) is 3.09. The Morgan fingerprint density at radius 2 is 2.11 bits per heavy atom. The first-order valence-corrected chi connectivity index (χ1v) is 6.36. The monoisotopic (exact) mass is 271 g/mol. The Hall–Kier alpha value is -1.13. The quantitative estimate of drug-likeness (QED) is 0.915. The maximum Gasteiger partial charge on any atom is 0.305 e. The number of rotatable bonds is 4. The summed E-state index contributed by atoms with van der Waals surface area (Å²) in [6.45, 7) is 1.73. The molecule has 0 amide bonds. The summed E-state index contributed by atoms with van der Waals surface area (Å²) in [5.74, 6) is -1.37. The van der Waals surface area contributed by atoms with E-state index in [4.69, 9.17) is 16.7 Å². The SMILES string of the molecule is O=C(O)CC(c1ccc(Cl)c(F)c1)N1CCCC1. The summed E-state index contributed by atoms with van der Waals surface area (Å²) in [4.78, 5) is 13.0. The Balaban J connectivity index is 2.26. The molecule has 0 aliphatic carbocycles. The molecule has 2 rings (SSSR count). The molecule has 1 fully saturated rings. The fraction of sp³-hybridized carbons (Fsp3) is 0.462. The molecule has 5 heteroatoms. The highest BCUT2D eigenvalue weighted by Crippen LogP contribution is 2.30. The van der Waals surface area contributed by atoms with Gasteiger partial charge in [0.05, 0.1) is 11.4 Å². The van der Waals surface area contributed by atoms with Crippen molar-refractivity contribution in [2.45, 2.75) is 25.3 Å². The molecule has 1 atom stereocenters. The summed E-state index contributed by atoms with van der Waals surface area (Å²) < 4.78 is 13.5. The number of likely N-dealkylation sites (tertiary alicyclic amines) is 1. The molecule has 1 aromatic rings. The molecule has 0 radical (unpaired) electrons. The number of benzene rings is 1. The molecule has 1 aliphatic heterocycles. The maximum atomic E-state index is 13.5. The molecule has 1 aromatic carbocycles. The molecule has 1 N–H and O–H groups in total. The molecule has 0 bridgehead atoms. The Bertz CT molecular complexity index is 447. The number of hydrogen-bond donors (Lipinski definition) is 1. The van der Waals surface area contributed by atoms with Gasteiger partial charge in [-0.15, -0.1) is 0 Å². The molecule has 0 aromatic heterocycles. The summed E-state index contributed by atoms with van der Waals surface area (Å²) >= 11 is 5.65. The van der Waals surface area contributed by atoms with E-state index in [1.165, 1.54) is 12.1 Å². The van der Waals surface area contributed by atoms with Crippen LogP contribution in [0.15, 0.2) is 18.2 Å². The molecule has 98 valence electrons. The van der Waals surface area contributed by atoms with Gasteiger partial charge >= 0.3 is 5.97 Å². The Kier molecular flexibility index (Phi) is 4.19. The highest BCUT2D eigenvalue weighted by atomic mass is 35.5. The number of carboxylic acid groups (broad SMARTS) is 1. The molecular formula is C13H15ClFNO2. The predicted molar refractivity (Wildman–Crippen MR) is 67.2 cm³/mol. The molecule has 1 saturated heterocycles. The molecule has 0 spiro atoms. The number of halogens is 2. The second-order valence-corrected chi connectivity index (χ2v) is 4.94. The molecule has 18 heavy (non-hydrogen) atoms. The fourth-order valence-electron chi connectivity index (χ4n) is 2.40. The normalized spacial score (nSPS) is 17.9. The van der Waals surface area contributed by atoms with E-state index in [2.05, 4.69) is 4.90 Å². The zero-order valence-electron chi connectivity index (χ0n) is 9.90. The van der Waals surface area contributed by atoms with Gasteiger partial charge in [-0.1, -0.05) is 17.7 Å². The van der Waals surface area contributed by atoms with Gasteiger partial charge in [0, 0.05) is 6.04 Å². The van der Waals surface area contributed by atoms with Crippen molar-refractivity contribution < 1.29 is 14.3 Å². The van der Waals surface area contributed by atoms with Gasteiger partial charge in [0.1, 0.15) is 5.82 Å². The van der Waals surface area contributed by atoms with Crippen LogP contribution in [0.1, 0.15) is 30.9 Å². The molecule has 1 aliphatic rings. The van der Waals surface area contributed by atoms with Crippen molar-refractivity contribution in [1.29, 1.82) is 0 Å². The molecule has 0 saturated carbocycles. The Morgan fingerprint density at radius 1 is 1.44 bits per heavy atom. The lowest BCUT2D eigenvalue weighted by Crippen LogP contribution is -2.27. The van der Waals surface area contributed by atoms with E-state index in [1.807, 2.05) is 0 Å². The minimum absolute atomic E-state index is 0.0128. The third kappa shape index (κ3) is 3.00. The van der Waals surface area contributed by atoms with E-state index in [0.717, 1.165) is 25.9 Å². The first-order chi connectivity index (χ1) is 8.58. The first-order valence-electron chi connectivity index (χ1n) is 5.98. The van der Waals surface area contributed by atoms with Gasteiger partial charge in [0.2, 0.25) is 0 Å². The second-order valence-electron chi connectivity index (χ2n) is 4.53. The summed E-state index contributed by atoms with van der Waals surface area (Å²) in [6.07, 6.45) is 2.11. The third-order valence-corrected chi connectivity index (χ3v) is 3.58. The van der Waals surface area contributed by atoms with Crippen LogP contribution in [-0.2, 0) is 4.79 Å². The third-order valence-electron chi connectivity index (χ3n) is 3.28. The lowest BCUT2D eigenvalue weighted by Gasteiger charge is -2.26. The largest absolute Gasteiger partial charge is 0.481 e. The van der Waals surface area contributed by atoms with Gasteiger partial charge < -0.3 is 5.11 Å². The van der Waals surface area contributed by atoms with Gasteiger partial charge in [0.15, 0.2) is 0 Å². The first kappa shape index (κ1) is 13.3. The maximum absolute atomic E-state index is 13.5. The van der Waals surface area contributed by atoms with Crippen LogP contribution in [0.2, 0.25) is 5.02 Å². The fourth-order valence-corrected chi connectivity index (χ4v) is 2.51. The van der Waals surface area contributed by atoms with Crippen LogP contribution in [0.4, 0.5) is 4.39 Å². The van der Waals surface area contributed by atoms with E-state index in [-0.39, 0.29) is 17.5 Å². The van der Waals surface area contributed by atoms with Crippen molar-refractivity contribution in [3.8, 4) is 0 Å². The van der Waals surface area contributed by atoms with Crippen LogP contribution < -0.4 is 0 Å². The zero-order chi connectivity index (χ0) is 13.1. The van der Waals surface area contributed by atoms with Crippen LogP contribution in [0.25, 0.3) is 0 Å². The number of carbonyl (C=O) groups is 1. The average molecular weight is 272 g/mol. The Morgan fingerprint density at radius 3 is 2.67 bits per heavy atom. The lowest BCUT2D eigenvalue weighted by atomic mass is 10.0. The van der Waals surface area contributed by atoms with Crippen molar-refractivity contribution in [2.75, 3.05) is 13.1 Å². The minimum atomic E-state index is -0.873. The second kappa shape index (κ2) is 5.67. The standard InChI is InChI=1S/C13H15ClFNO2/c14-10-4-3-9(7-11(10)15)12(8-13(17)18)16-5-1-2-6-16/h3-4,7,12H,1-2,5-6,8H2,(H,17,18). The van der Waals surface area contributed by atoms with E-state index in [0.29, 0.717) is 5.56 Å². The summed E-state index contributed by atoms with van der Waals surface area (Å²) in [5.41, 5.74) is 0.682. The molecule has 1 unspecified atom stereocenters. The molecule has 3 nitrogen and oxygen atoms in total. The van der Waals surface area contributed by atoms with Crippen molar-refractivity contribution in [2.24, 2.45) is 0 Å². The van der Waals surface area contributed by atoms with Crippen molar-refractivity contribution in [3.63, 3.8) is 0 Å². The van der Waals surface area contributed by atoms with E-state index < -0.39 is 11.8 Å². The minimum Gasteiger partial charge on any atom is -0.481 e. The van der Waals surface area contributed by atoms with Crippen LogP contribution in [-0.4, -0.2) is 29.1 Å². The summed E-state index contributed by atoms with van der Waals surface area (Å²) in [6, 6.07) is 4.26. The smallest absolute Gasteiger partial charge is 0.305 e. The topological polar surface area (TPSA) is 40.5 Å². The highest BCUT2D eigenvalue weighted by molar-refractivity contribution is 6.30. The van der Waals surface area contributed by atoms with Gasteiger partial charge in [0.25, 0.3) is 0 Å². The lowest BCUT2D eigenvalue weighted by molar-refractivity contribution is -0.138. The number of nitrogens with zero attached hydrogens (tertiary/aromatic N) is 1. The Labute approximate surface area is 110 Å². The summed E-state index contributed by atoms with van der Waals surface area (Å²) in [5, 5.41) is 9.05. The van der Waals surface area contributed by atoms with Crippen LogP contribution in [0.5, 0.6) is 0 Å². The van der Waals surface area contributed by atoms with Crippen molar-refractivity contribution >= 4 is 17.6 Å². The highest BCUT2D eigenvalue weighted by Gasteiger charge is 2.26. The van der Waals surface area contributed by atoms with Crippen LogP contribution >= 0.6 is 11.6 Å². The summed E-state index contributed by atoms with van der Waals surface area (Å²) in [7, 11) is 0. The number of hydrogen-bond acceptors (Lipinski definition) is 2. The van der Waals surface area contributed by atoms with E-state index >= 15 is 0 Å². The van der Waals surface area contributed by atoms with Gasteiger partial charge in [-0.3, -0.25) is 9.69 Å². The van der Waals surface area contributed by atoms with Gasteiger partial charge in [-0.05, 0) is 43.6 Å².